The number of hydrogen-bond acceptors (Lipinski definition) is 20. The molecule has 0 aromatic carbocycles. The van der Waals surface area contributed by atoms with Crippen LogP contribution in [-0.2, 0) is 94.7 Å². The molecule has 0 aromatic heterocycles. The number of methoxy groups -OCH3 is 16. The molecular weight excluding hydrogens is 1110 g/mol. The van der Waals surface area contributed by atoms with E-state index in [2.05, 4.69) is 34.6 Å². The molecule has 2 atom stereocenters. The van der Waals surface area contributed by atoms with Crippen LogP contribution < -0.4 is 0 Å². The maximum Gasteiger partial charge on any atom is 0.0913 e. The van der Waals surface area contributed by atoms with Crippen LogP contribution in [0.15, 0.2) is 0 Å². The van der Waals surface area contributed by atoms with Crippen molar-refractivity contribution in [3.63, 3.8) is 0 Å². The summed E-state index contributed by atoms with van der Waals surface area (Å²) in [5.41, 5.74) is 0.996. The van der Waals surface area contributed by atoms with Gasteiger partial charge in [-0.2, -0.15) is 0 Å². The molecule has 0 saturated heterocycles. The molecule has 0 spiro atoms. The second-order valence-corrected chi connectivity index (χ2v) is 24.8. The lowest BCUT2D eigenvalue weighted by molar-refractivity contribution is -0.0593. The quantitative estimate of drug-likeness (QED) is 0.0565. The van der Waals surface area contributed by atoms with Gasteiger partial charge in [0.05, 0.1) is 128 Å². The number of rotatable bonds is 39. The summed E-state index contributed by atoms with van der Waals surface area (Å²) in [6, 6.07) is 0. The van der Waals surface area contributed by atoms with Crippen LogP contribution in [0.4, 0.5) is 0 Å². The second-order valence-electron chi connectivity index (χ2n) is 24.8. The first-order valence-electron chi connectivity index (χ1n) is 30.8. The SMILES string of the molecule is CCOC(C)(C)COC.CCOC(C)COC.CCOCC(C)(C)COC.CCOCC1(COC)CC1.COCC(C)(C)COC.COCC(C)(C)OC.COCC(C)COC.COCC(C)OC.COCC1(COC)CC1.COCC1(OC)CC1. The Morgan fingerprint density at radius 3 is 0.942 bits per heavy atom. The summed E-state index contributed by atoms with van der Waals surface area (Å²) in [7, 11) is 27.3. The highest BCUT2D eigenvalue weighted by Gasteiger charge is 2.44. The molecule has 3 fully saturated rings. The molecule has 20 heteroatoms. The minimum absolute atomic E-state index is 0.120. The Kier molecular flexibility index (Phi) is 73.9. The van der Waals surface area contributed by atoms with Crippen molar-refractivity contribution in [3.05, 3.63) is 0 Å². The van der Waals surface area contributed by atoms with Gasteiger partial charge in [-0.1, -0.05) is 34.6 Å². The van der Waals surface area contributed by atoms with Crippen LogP contribution in [0.1, 0.15) is 142 Å². The number of ether oxygens (including phenoxy) is 20. The molecule has 20 nitrogen and oxygen atoms in total. The third kappa shape index (κ3) is 73.9. The molecule has 0 radical (unpaired) electrons. The second kappa shape index (κ2) is 64.3. The molecule has 86 heavy (non-hydrogen) atoms. The summed E-state index contributed by atoms with van der Waals surface area (Å²) in [6.07, 6.45) is 7.90. The van der Waals surface area contributed by atoms with Crippen LogP contribution in [0.3, 0.4) is 0 Å². The van der Waals surface area contributed by atoms with Gasteiger partial charge in [0.2, 0.25) is 0 Å². The lowest BCUT2D eigenvalue weighted by Gasteiger charge is -2.22. The summed E-state index contributed by atoms with van der Waals surface area (Å²) in [5, 5.41) is 0. The zero-order valence-electron chi connectivity index (χ0n) is 62.1. The molecular formula is C66H146O20. The van der Waals surface area contributed by atoms with Gasteiger partial charge in [-0.25, -0.2) is 0 Å². The van der Waals surface area contributed by atoms with Crippen molar-refractivity contribution in [2.45, 2.75) is 171 Å². The van der Waals surface area contributed by atoms with Gasteiger partial charge in [-0.3, -0.25) is 0 Å². The lowest BCUT2D eigenvalue weighted by atomic mass is 9.96. The molecule has 530 valence electrons. The standard InChI is InChI=1S/C8H16O2.C8H18O2.C7H14O2.2C7H16O2.C6H12O2.3C6H14O2.C5H12O2/c1-3-10-7-8(4-5-8)6-9-2;1-5-10-7-8(2,3)6-9-4;1-8-5-7(3-4-7)6-9-2;1-7(2,5-8-3)6-9-4;1-5-9-7(2,3)6-8-4;1-7-5-6(8-2)3-4-6;1-6(4-7-2)5-8-3;1-6(2,8-4)5-7-3;1-4-8-6(2)5-7-3;1-5(7-3)4-6-2/h3-7H2,1-2H3;5-7H2,1-4H3;3-6H2,1-2H3;2*5-6H2,1-4H3;3-5H2,1-2H3;6H,4-5H2,1-3H3;5H2,1-4H3;6H,4-5H2,1-3H3;5H,4H2,1-3H3. The van der Waals surface area contributed by atoms with Gasteiger partial charge in [0.15, 0.2) is 0 Å². The maximum absolute atomic E-state index is 5.34. The minimum Gasteiger partial charge on any atom is -0.384 e. The molecule has 2 unspecified atom stereocenters. The Morgan fingerprint density at radius 2 is 0.698 bits per heavy atom. The van der Waals surface area contributed by atoms with E-state index in [1.54, 1.807) is 114 Å². The predicted molar refractivity (Wildman–Crippen MR) is 351 cm³/mol. The Labute approximate surface area is 531 Å². The molecule has 0 aromatic rings. The first-order valence-corrected chi connectivity index (χ1v) is 30.8. The van der Waals surface area contributed by atoms with Crippen molar-refractivity contribution in [1.29, 1.82) is 0 Å². The monoisotopic (exact) mass is 1260 g/mol. The van der Waals surface area contributed by atoms with Crippen molar-refractivity contribution < 1.29 is 94.7 Å². The Balaban J connectivity index is -0.000000162. The van der Waals surface area contributed by atoms with Gasteiger partial charge in [-0.05, 0) is 108 Å². The molecule has 3 aliphatic carbocycles. The van der Waals surface area contributed by atoms with Crippen LogP contribution in [-0.4, -0.2) is 268 Å². The molecule has 0 amide bonds. The zero-order valence-corrected chi connectivity index (χ0v) is 62.1. The molecule has 3 saturated carbocycles. The Morgan fingerprint density at radius 1 is 0.337 bits per heavy atom. The Hall–Kier alpha value is -0.800. The van der Waals surface area contributed by atoms with E-state index in [-0.39, 0.29) is 39.8 Å². The van der Waals surface area contributed by atoms with E-state index in [1.807, 2.05) is 69.2 Å². The van der Waals surface area contributed by atoms with E-state index < -0.39 is 0 Å². The van der Waals surface area contributed by atoms with Crippen LogP contribution >= 0.6 is 0 Å². The molecule has 0 N–H and O–H groups in total. The summed E-state index contributed by atoms with van der Waals surface area (Å²) < 4.78 is 100. The van der Waals surface area contributed by atoms with E-state index in [4.69, 9.17) is 94.7 Å². The summed E-state index contributed by atoms with van der Waals surface area (Å²) in [4.78, 5) is 0. The van der Waals surface area contributed by atoms with Gasteiger partial charge in [0.25, 0.3) is 0 Å². The van der Waals surface area contributed by atoms with Crippen molar-refractivity contribution >= 4 is 0 Å². The predicted octanol–water partition coefficient (Wildman–Crippen LogP) is 11.5. The average Bonchev–Trinajstić information content (AvgIpc) is 4.58. The first-order chi connectivity index (χ1) is 40.4. The molecule has 3 aliphatic rings. The van der Waals surface area contributed by atoms with E-state index in [9.17, 15) is 0 Å². The van der Waals surface area contributed by atoms with E-state index in [0.29, 0.717) is 43.2 Å². The summed E-state index contributed by atoms with van der Waals surface area (Å²) >= 11 is 0. The fourth-order valence-corrected chi connectivity index (χ4v) is 7.37. The highest BCUT2D eigenvalue weighted by Crippen LogP contribution is 2.46. The molecule has 3 rings (SSSR count). The van der Waals surface area contributed by atoms with Gasteiger partial charge < -0.3 is 94.7 Å². The van der Waals surface area contributed by atoms with Crippen LogP contribution in [0, 0.1) is 27.6 Å². The average molecular weight is 1260 g/mol. The zero-order chi connectivity index (χ0) is 68.1. The van der Waals surface area contributed by atoms with Crippen molar-refractivity contribution in [1.82, 2.24) is 0 Å². The van der Waals surface area contributed by atoms with Crippen LogP contribution in [0.2, 0.25) is 0 Å². The van der Waals surface area contributed by atoms with Crippen LogP contribution in [0.25, 0.3) is 0 Å². The Bertz CT molecular complexity index is 1190. The maximum atomic E-state index is 5.34. The van der Waals surface area contributed by atoms with E-state index in [1.165, 1.54) is 25.7 Å². The van der Waals surface area contributed by atoms with Gasteiger partial charge in [0.1, 0.15) is 0 Å². The fraction of sp³-hybridized carbons (Fsp3) is 1.00. The molecule has 0 aliphatic heterocycles. The third-order valence-electron chi connectivity index (χ3n) is 12.5. The largest absolute Gasteiger partial charge is 0.384 e. The number of hydrogen-bond donors (Lipinski definition) is 0. The first kappa shape index (κ1) is 98.8. The van der Waals surface area contributed by atoms with Crippen molar-refractivity contribution in [3.8, 4) is 0 Å². The topological polar surface area (TPSA) is 185 Å². The highest BCUT2D eigenvalue weighted by molar-refractivity contribution is 4.95. The van der Waals surface area contributed by atoms with Gasteiger partial charge in [0, 0.05) is 168 Å². The van der Waals surface area contributed by atoms with Gasteiger partial charge >= 0.3 is 0 Å². The smallest absolute Gasteiger partial charge is 0.0913 e. The molecule has 0 bridgehead atoms. The third-order valence-corrected chi connectivity index (χ3v) is 12.5. The summed E-state index contributed by atoms with van der Waals surface area (Å²) in [6.45, 7) is 45.1. The van der Waals surface area contributed by atoms with Crippen molar-refractivity contribution in [2.75, 3.05) is 239 Å². The molecule has 0 heterocycles. The van der Waals surface area contributed by atoms with Crippen molar-refractivity contribution in [2.24, 2.45) is 27.6 Å². The fourth-order valence-electron chi connectivity index (χ4n) is 7.37. The van der Waals surface area contributed by atoms with Crippen LogP contribution in [0.5, 0.6) is 0 Å². The normalized spacial score (nSPS) is 15.3. The highest BCUT2D eigenvalue weighted by atomic mass is 16.6. The van der Waals surface area contributed by atoms with E-state index >= 15 is 0 Å². The lowest BCUT2D eigenvalue weighted by Crippen LogP contribution is -2.29. The van der Waals surface area contributed by atoms with Gasteiger partial charge in [-0.15, -0.1) is 0 Å². The summed E-state index contributed by atoms with van der Waals surface area (Å²) in [5.74, 6) is 0.519. The van der Waals surface area contributed by atoms with E-state index in [0.717, 1.165) is 112 Å². The minimum atomic E-state index is -0.130.